The molecule has 1 aromatic heterocycles. The molecule has 0 radical (unpaired) electrons. The summed E-state index contributed by atoms with van der Waals surface area (Å²) in [5, 5.41) is 13.0. The summed E-state index contributed by atoms with van der Waals surface area (Å²) in [7, 11) is -3.18. The molecule has 0 aromatic carbocycles. The van der Waals surface area contributed by atoms with Crippen LogP contribution in [0.15, 0.2) is 16.8 Å². The number of hydrogen-bond acceptors (Lipinski definition) is 4. The van der Waals surface area contributed by atoms with Crippen molar-refractivity contribution in [3.05, 3.63) is 22.4 Å². The van der Waals surface area contributed by atoms with Gasteiger partial charge >= 0.3 is 5.97 Å². The van der Waals surface area contributed by atoms with Gasteiger partial charge in [-0.2, -0.15) is 11.3 Å². The lowest BCUT2D eigenvalue weighted by atomic mass is 9.82. The van der Waals surface area contributed by atoms with Crippen molar-refractivity contribution in [3.63, 3.8) is 0 Å². The van der Waals surface area contributed by atoms with Crippen LogP contribution in [-0.4, -0.2) is 31.0 Å². The van der Waals surface area contributed by atoms with E-state index < -0.39 is 21.2 Å². The Morgan fingerprint density at radius 2 is 2.31 bits per heavy atom. The minimum atomic E-state index is -3.18. The first-order valence-corrected chi connectivity index (χ1v) is 7.65. The van der Waals surface area contributed by atoms with Gasteiger partial charge in [0.05, 0.1) is 16.9 Å². The summed E-state index contributed by atoms with van der Waals surface area (Å²) in [6.45, 7) is 0. The van der Waals surface area contributed by atoms with Gasteiger partial charge in [0.15, 0.2) is 9.84 Å². The van der Waals surface area contributed by atoms with E-state index in [0.717, 1.165) is 5.56 Å². The number of carbonyl (C=O) groups is 1. The summed E-state index contributed by atoms with van der Waals surface area (Å²) < 4.78 is 22.8. The van der Waals surface area contributed by atoms with Crippen molar-refractivity contribution in [1.29, 1.82) is 0 Å². The van der Waals surface area contributed by atoms with E-state index in [2.05, 4.69) is 0 Å². The maximum Gasteiger partial charge on any atom is 0.311 e. The van der Waals surface area contributed by atoms with Gasteiger partial charge in [0.25, 0.3) is 0 Å². The average molecular weight is 260 g/mol. The largest absolute Gasteiger partial charge is 0.481 e. The number of rotatable bonds is 3. The van der Waals surface area contributed by atoms with Crippen molar-refractivity contribution >= 4 is 27.1 Å². The van der Waals surface area contributed by atoms with E-state index in [1.165, 1.54) is 11.3 Å². The Labute approximate surface area is 97.8 Å². The predicted molar refractivity (Wildman–Crippen MR) is 61.4 cm³/mol. The zero-order valence-corrected chi connectivity index (χ0v) is 10.2. The molecule has 16 heavy (non-hydrogen) atoms. The third-order valence-electron chi connectivity index (χ3n) is 2.96. The van der Waals surface area contributed by atoms with Crippen LogP contribution in [-0.2, 0) is 21.1 Å². The zero-order valence-electron chi connectivity index (χ0n) is 8.55. The van der Waals surface area contributed by atoms with Crippen molar-refractivity contribution in [1.82, 2.24) is 0 Å². The molecule has 2 heterocycles. The fraction of sp³-hybridized carbons (Fsp3) is 0.500. The first-order chi connectivity index (χ1) is 7.44. The first-order valence-electron chi connectivity index (χ1n) is 4.88. The molecule has 1 aliphatic heterocycles. The molecule has 1 atom stereocenters. The van der Waals surface area contributed by atoms with Crippen molar-refractivity contribution in [2.24, 2.45) is 5.41 Å². The molecule has 1 aliphatic rings. The highest BCUT2D eigenvalue weighted by Crippen LogP contribution is 2.36. The zero-order chi connectivity index (χ0) is 11.8. The van der Waals surface area contributed by atoms with Gasteiger partial charge in [0, 0.05) is 0 Å². The van der Waals surface area contributed by atoms with E-state index in [9.17, 15) is 18.3 Å². The van der Waals surface area contributed by atoms with Gasteiger partial charge in [-0.05, 0) is 35.2 Å². The summed E-state index contributed by atoms with van der Waals surface area (Å²) in [5.41, 5.74) is -0.204. The summed E-state index contributed by atoms with van der Waals surface area (Å²) in [5.74, 6) is -1.24. The predicted octanol–water partition coefficient (Wildman–Crippen LogP) is 1.18. The third kappa shape index (κ3) is 2.12. The molecule has 0 spiro atoms. The van der Waals surface area contributed by atoms with E-state index in [1.54, 1.807) is 0 Å². The number of carboxylic acid groups (broad SMARTS) is 1. The third-order valence-corrected chi connectivity index (χ3v) is 5.51. The molecule has 1 saturated heterocycles. The Hall–Kier alpha value is -0.880. The lowest BCUT2D eigenvalue weighted by Gasteiger charge is -2.21. The van der Waals surface area contributed by atoms with E-state index in [0.29, 0.717) is 6.42 Å². The van der Waals surface area contributed by atoms with Crippen molar-refractivity contribution in [2.75, 3.05) is 11.5 Å². The first kappa shape index (κ1) is 11.6. The van der Waals surface area contributed by atoms with Crippen LogP contribution in [0.1, 0.15) is 12.0 Å². The lowest BCUT2D eigenvalue weighted by molar-refractivity contribution is -0.147. The van der Waals surface area contributed by atoms with Crippen LogP contribution in [0.3, 0.4) is 0 Å². The van der Waals surface area contributed by atoms with Crippen LogP contribution in [0.2, 0.25) is 0 Å². The smallest absolute Gasteiger partial charge is 0.311 e. The highest BCUT2D eigenvalue weighted by molar-refractivity contribution is 7.91. The number of sulfone groups is 1. The number of aliphatic carboxylic acids is 1. The van der Waals surface area contributed by atoms with Gasteiger partial charge in [0.1, 0.15) is 0 Å². The topological polar surface area (TPSA) is 71.4 Å². The molecular formula is C10H12O4S2. The van der Waals surface area contributed by atoms with E-state index in [4.69, 9.17) is 0 Å². The molecule has 1 aromatic rings. The molecule has 1 unspecified atom stereocenters. The molecule has 0 aliphatic carbocycles. The normalized spacial score (nSPS) is 28.0. The van der Waals surface area contributed by atoms with Crippen LogP contribution in [0.5, 0.6) is 0 Å². The summed E-state index contributed by atoms with van der Waals surface area (Å²) in [4.78, 5) is 11.3. The average Bonchev–Trinajstić information content (AvgIpc) is 2.75. The quantitative estimate of drug-likeness (QED) is 0.886. The molecule has 1 fully saturated rings. The second kappa shape index (κ2) is 3.85. The van der Waals surface area contributed by atoms with E-state index in [-0.39, 0.29) is 17.9 Å². The van der Waals surface area contributed by atoms with E-state index in [1.807, 2.05) is 16.8 Å². The monoisotopic (exact) mass is 260 g/mol. The SMILES string of the molecule is O=C(O)C1(Cc2ccsc2)CCS(=O)(=O)C1. The van der Waals surface area contributed by atoms with Gasteiger partial charge < -0.3 is 5.11 Å². The highest BCUT2D eigenvalue weighted by Gasteiger charge is 2.48. The second-order valence-corrected chi connectivity index (χ2v) is 7.20. The van der Waals surface area contributed by atoms with Crippen molar-refractivity contribution < 1.29 is 18.3 Å². The Balaban J connectivity index is 2.28. The molecule has 0 bridgehead atoms. The number of carboxylic acids is 1. The summed E-state index contributed by atoms with van der Waals surface area (Å²) in [6.07, 6.45) is 0.533. The lowest BCUT2D eigenvalue weighted by Crippen LogP contribution is -2.34. The van der Waals surface area contributed by atoms with Crippen LogP contribution < -0.4 is 0 Å². The second-order valence-electron chi connectivity index (χ2n) is 4.24. The van der Waals surface area contributed by atoms with Crippen LogP contribution in [0, 0.1) is 5.41 Å². The molecule has 0 saturated carbocycles. The Morgan fingerprint density at radius 3 is 2.75 bits per heavy atom. The molecule has 4 nitrogen and oxygen atoms in total. The fourth-order valence-corrected chi connectivity index (χ4v) is 4.81. The Bertz CT molecular complexity index is 489. The maximum absolute atomic E-state index is 11.4. The van der Waals surface area contributed by atoms with Crippen molar-refractivity contribution in [2.45, 2.75) is 12.8 Å². The van der Waals surface area contributed by atoms with Gasteiger partial charge in [0.2, 0.25) is 0 Å². The van der Waals surface area contributed by atoms with Crippen molar-refractivity contribution in [3.8, 4) is 0 Å². The Kier molecular flexibility index (Phi) is 2.79. The van der Waals surface area contributed by atoms with E-state index >= 15 is 0 Å². The summed E-state index contributed by atoms with van der Waals surface area (Å²) in [6, 6.07) is 1.85. The molecule has 1 N–H and O–H groups in total. The number of thiophene rings is 1. The van der Waals surface area contributed by atoms with Crippen LogP contribution >= 0.6 is 11.3 Å². The molecular weight excluding hydrogens is 248 g/mol. The minimum absolute atomic E-state index is 0.0105. The van der Waals surface area contributed by atoms with Crippen LogP contribution in [0.25, 0.3) is 0 Å². The fourth-order valence-electron chi connectivity index (χ4n) is 2.08. The standard InChI is InChI=1S/C10H12O4S2/c11-9(12)10(2-4-16(13,14)7-10)5-8-1-3-15-6-8/h1,3,6H,2,4-5,7H2,(H,11,12). The summed E-state index contributed by atoms with van der Waals surface area (Å²) >= 11 is 1.49. The van der Waals surface area contributed by atoms with Gasteiger partial charge in [-0.1, -0.05) is 0 Å². The molecule has 88 valence electrons. The van der Waals surface area contributed by atoms with Crippen LogP contribution in [0.4, 0.5) is 0 Å². The molecule has 2 rings (SSSR count). The van der Waals surface area contributed by atoms with Gasteiger partial charge in [-0.25, -0.2) is 8.42 Å². The van der Waals surface area contributed by atoms with Gasteiger partial charge in [-0.3, -0.25) is 4.79 Å². The Morgan fingerprint density at radius 1 is 1.56 bits per heavy atom. The van der Waals surface area contributed by atoms with Gasteiger partial charge in [-0.15, -0.1) is 0 Å². The highest BCUT2D eigenvalue weighted by atomic mass is 32.2. The molecule has 6 heteroatoms. The maximum atomic E-state index is 11.4. The molecule has 0 amide bonds. The number of hydrogen-bond donors (Lipinski definition) is 1. The minimum Gasteiger partial charge on any atom is -0.481 e.